The number of unbranched alkanes of at least 4 members (excludes halogenated alkanes) is 18. The highest BCUT2D eigenvalue weighted by molar-refractivity contribution is 7.47. The molecule has 0 saturated heterocycles. The number of ether oxygens (including phenoxy) is 2. The van der Waals surface area contributed by atoms with E-state index >= 15 is 0 Å². The SMILES string of the molecule is CCCCCc1oc(CCCCCCCCCCCCC(=O)O[C@H](COC(=O)CCCCCCCCCCc2oc(CCC)cc2C)COP(=O)(O)OCCN)c(C)c1C. The number of rotatable bonds is 39. The number of aryl methyl sites for hydroxylation is 5. The Morgan fingerprint density at radius 3 is 1.62 bits per heavy atom. The number of hydrogen-bond acceptors (Lipinski definition) is 10. The summed E-state index contributed by atoms with van der Waals surface area (Å²) in [6, 6.07) is 2.18. The average molecular weight is 866 g/mol. The first-order valence-corrected chi connectivity index (χ1v) is 25.3. The number of phosphoric acid groups is 1. The number of esters is 2. The first kappa shape index (κ1) is 53.7. The summed E-state index contributed by atoms with van der Waals surface area (Å²) in [4.78, 5) is 35.1. The molecule has 346 valence electrons. The topological polar surface area (TPSA) is 161 Å². The smallest absolute Gasteiger partial charge is 0.466 e. The zero-order chi connectivity index (χ0) is 43.9. The Labute approximate surface area is 363 Å². The van der Waals surface area contributed by atoms with Crippen LogP contribution in [0.25, 0.3) is 0 Å². The Morgan fingerprint density at radius 2 is 1.10 bits per heavy atom. The number of carbonyl (C=O) groups is 2. The van der Waals surface area contributed by atoms with Crippen molar-refractivity contribution in [3.8, 4) is 0 Å². The zero-order valence-electron chi connectivity index (χ0n) is 38.4. The summed E-state index contributed by atoms with van der Waals surface area (Å²) in [5.74, 6) is 3.74. The number of nitrogens with two attached hydrogens (primary N) is 1. The van der Waals surface area contributed by atoms with Gasteiger partial charge in [-0.2, -0.15) is 0 Å². The lowest BCUT2D eigenvalue weighted by Crippen LogP contribution is -2.29. The van der Waals surface area contributed by atoms with Crippen LogP contribution in [0, 0.1) is 20.8 Å². The molecule has 3 N–H and O–H groups in total. The van der Waals surface area contributed by atoms with Gasteiger partial charge < -0.3 is 28.9 Å². The second-order valence-corrected chi connectivity index (χ2v) is 18.2. The van der Waals surface area contributed by atoms with E-state index in [1.165, 1.54) is 105 Å². The summed E-state index contributed by atoms with van der Waals surface area (Å²) < 4.78 is 45.2. The first-order chi connectivity index (χ1) is 29.0. The fourth-order valence-electron chi connectivity index (χ4n) is 7.53. The summed E-state index contributed by atoms with van der Waals surface area (Å²) >= 11 is 0. The van der Waals surface area contributed by atoms with Gasteiger partial charge in [-0.05, 0) is 82.1 Å². The van der Waals surface area contributed by atoms with Crippen LogP contribution in [0.4, 0.5) is 0 Å². The summed E-state index contributed by atoms with van der Waals surface area (Å²) in [5.41, 5.74) is 9.32. The average Bonchev–Trinajstić information content (AvgIpc) is 3.71. The van der Waals surface area contributed by atoms with Gasteiger partial charge in [-0.25, -0.2) is 4.57 Å². The highest BCUT2D eigenvalue weighted by Gasteiger charge is 2.26. The number of carbonyl (C=O) groups excluding carboxylic acids is 2. The van der Waals surface area contributed by atoms with Crippen molar-refractivity contribution in [1.82, 2.24) is 0 Å². The second kappa shape index (κ2) is 33.2. The summed E-state index contributed by atoms with van der Waals surface area (Å²) in [6.07, 6.45) is 27.9. The molecule has 0 spiro atoms. The Bertz CT molecular complexity index is 1470. The van der Waals surface area contributed by atoms with E-state index in [-0.39, 0.29) is 32.6 Å². The predicted molar refractivity (Wildman–Crippen MR) is 240 cm³/mol. The van der Waals surface area contributed by atoms with E-state index < -0.39 is 32.5 Å². The third-order valence-corrected chi connectivity index (χ3v) is 12.3. The van der Waals surface area contributed by atoms with Gasteiger partial charge in [0.15, 0.2) is 6.10 Å². The molecule has 2 heterocycles. The van der Waals surface area contributed by atoms with Gasteiger partial charge in [0.05, 0.1) is 13.2 Å². The minimum atomic E-state index is -4.40. The van der Waals surface area contributed by atoms with E-state index in [2.05, 4.69) is 40.7 Å². The van der Waals surface area contributed by atoms with Crippen molar-refractivity contribution in [2.75, 3.05) is 26.4 Å². The van der Waals surface area contributed by atoms with Crippen LogP contribution in [0.15, 0.2) is 14.9 Å². The fourth-order valence-corrected chi connectivity index (χ4v) is 8.29. The van der Waals surface area contributed by atoms with Gasteiger partial charge in [0, 0.05) is 45.1 Å². The van der Waals surface area contributed by atoms with E-state index in [1.54, 1.807) is 0 Å². The van der Waals surface area contributed by atoms with Crippen LogP contribution in [-0.2, 0) is 58.4 Å². The molecular weight excluding hydrogens is 781 g/mol. The third-order valence-electron chi connectivity index (χ3n) is 11.3. The molecule has 0 aliphatic carbocycles. The van der Waals surface area contributed by atoms with Crippen molar-refractivity contribution in [3.63, 3.8) is 0 Å². The molecule has 2 rings (SSSR count). The largest absolute Gasteiger partial charge is 0.472 e. The Kier molecular flexibility index (Phi) is 29.7. The molecule has 0 saturated carbocycles. The van der Waals surface area contributed by atoms with Gasteiger partial charge in [0.1, 0.15) is 29.6 Å². The van der Waals surface area contributed by atoms with E-state index in [9.17, 15) is 19.0 Å². The van der Waals surface area contributed by atoms with Crippen molar-refractivity contribution in [1.29, 1.82) is 0 Å². The predicted octanol–water partition coefficient (Wildman–Crippen LogP) is 12.6. The molecule has 0 aliphatic heterocycles. The van der Waals surface area contributed by atoms with Crippen LogP contribution >= 0.6 is 7.82 Å². The van der Waals surface area contributed by atoms with E-state index in [4.69, 9.17) is 33.1 Å². The standard InChI is InChI=1S/C48H84NO10P/c1-6-8-23-30-45-40(4)41(5)46(59-45)31-25-20-16-11-9-10-12-18-22-27-33-48(51)58-43(38-56-60(52,53)55-35-34-49)37-54-47(50)32-26-21-17-14-13-15-19-24-29-44-39(3)36-42(57-44)28-7-2/h36,43H,6-35,37-38,49H2,1-5H3,(H,52,53)/t43-/m1/s1. The van der Waals surface area contributed by atoms with E-state index in [1.807, 2.05) is 0 Å². The lowest BCUT2D eigenvalue weighted by molar-refractivity contribution is -0.161. The lowest BCUT2D eigenvalue weighted by Gasteiger charge is -2.19. The Morgan fingerprint density at radius 1 is 0.617 bits per heavy atom. The molecule has 1 unspecified atom stereocenters. The van der Waals surface area contributed by atoms with Crippen LogP contribution in [-0.4, -0.2) is 49.3 Å². The molecule has 2 aromatic rings. The number of furan rings is 2. The van der Waals surface area contributed by atoms with Crippen LogP contribution in [0.2, 0.25) is 0 Å². The molecule has 0 bridgehead atoms. The molecule has 2 aromatic heterocycles. The first-order valence-electron chi connectivity index (χ1n) is 23.8. The highest BCUT2D eigenvalue weighted by atomic mass is 31.2. The van der Waals surface area contributed by atoms with Gasteiger partial charge >= 0.3 is 19.8 Å². The molecule has 12 heteroatoms. The maximum absolute atomic E-state index is 12.7. The third kappa shape index (κ3) is 24.9. The van der Waals surface area contributed by atoms with Gasteiger partial charge in [-0.3, -0.25) is 18.6 Å². The minimum absolute atomic E-state index is 0.0444. The van der Waals surface area contributed by atoms with Crippen molar-refractivity contribution < 1.29 is 46.4 Å². The Balaban J connectivity index is 1.55. The molecule has 11 nitrogen and oxygen atoms in total. The van der Waals surface area contributed by atoms with Crippen LogP contribution in [0.5, 0.6) is 0 Å². The zero-order valence-corrected chi connectivity index (χ0v) is 39.3. The van der Waals surface area contributed by atoms with Gasteiger partial charge in [0.25, 0.3) is 0 Å². The fraction of sp³-hybridized carbons (Fsp3) is 0.792. The maximum Gasteiger partial charge on any atom is 0.472 e. The van der Waals surface area contributed by atoms with Crippen LogP contribution in [0.1, 0.15) is 208 Å². The van der Waals surface area contributed by atoms with Gasteiger partial charge in [0.2, 0.25) is 0 Å². The minimum Gasteiger partial charge on any atom is -0.466 e. The number of hydrogen-bond donors (Lipinski definition) is 2. The molecule has 0 aromatic carbocycles. The second-order valence-electron chi connectivity index (χ2n) is 16.8. The summed E-state index contributed by atoms with van der Waals surface area (Å²) in [7, 11) is -4.40. The molecule has 0 amide bonds. The molecular formula is C48H84NO10P. The molecule has 0 fully saturated rings. The quantitative estimate of drug-likeness (QED) is 0.0374. The van der Waals surface area contributed by atoms with Crippen molar-refractivity contribution in [3.05, 3.63) is 45.8 Å². The highest BCUT2D eigenvalue weighted by Crippen LogP contribution is 2.43. The van der Waals surface area contributed by atoms with E-state index in [0.717, 1.165) is 88.6 Å². The lowest BCUT2D eigenvalue weighted by atomic mass is 10.0. The molecule has 2 atom stereocenters. The number of phosphoric ester groups is 1. The normalized spacial score (nSPS) is 13.1. The van der Waals surface area contributed by atoms with Gasteiger partial charge in [-0.1, -0.05) is 117 Å². The van der Waals surface area contributed by atoms with Gasteiger partial charge in [-0.15, -0.1) is 0 Å². The molecule has 0 aliphatic rings. The molecule has 0 radical (unpaired) electrons. The summed E-state index contributed by atoms with van der Waals surface area (Å²) in [6.45, 7) is 10.1. The van der Waals surface area contributed by atoms with Crippen molar-refractivity contribution in [2.24, 2.45) is 5.73 Å². The Hall–Kier alpha value is -2.43. The summed E-state index contributed by atoms with van der Waals surface area (Å²) in [5, 5.41) is 0. The van der Waals surface area contributed by atoms with Crippen molar-refractivity contribution in [2.45, 2.75) is 221 Å². The van der Waals surface area contributed by atoms with Crippen LogP contribution in [0.3, 0.4) is 0 Å². The maximum atomic E-state index is 12.7. The monoisotopic (exact) mass is 866 g/mol. The van der Waals surface area contributed by atoms with Crippen molar-refractivity contribution >= 4 is 19.8 Å². The van der Waals surface area contributed by atoms with Crippen LogP contribution < -0.4 is 5.73 Å². The van der Waals surface area contributed by atoms with E-state index in [0.29, 0.717) is 12.8 Å². The molecule has 60 heavy (non-hydrogen) atoms.